The van der Waals surface area contributed by atoms with E-state index in [1.165, 1.54) is 20.3 Å². The Morgan fingerprint density at radius 3 is 2.43 bits per heavy atom. The normalized spacial score (nSPS) is 22.5. The quantitative estimate of drug-likeness (QED) is 0.701. The number of methoxy groups -OCH3 is 2. The maximum absolute atomic E-state index is 14.1. The van der Waals surface area contributed by atoms with Gasteiger partial charge in [0.15, 0.2) is 11.5 Å². The van der Waals surface area contributed by atoms with Gasteiger partial charge >= 0.3 is 0 Å². The maximum atomic E-state index is 14.1. The van der Waals surface area contributed by atoms with Gasteiger partial charge in [-0.1, -0.05) is 0 Å². The number of ether oxygens (including phenoxy) is 3. The van der Waals surface area contributed by atoms with E-state index in [9.17, 15) is 4.39 Å². The van der Waals surface area contributed by atoms with Gasteiger partial charge in [0.25, 0.3) is 0 Å². The Morgan fingerprint density at radius 2 is 1.86 bits per heavy atom. The summed E-state index contributed by atoms with van der Waals surface area (Å²) in [6, 6.07) is 2.96. The monoisotopic (exact) mass is 316 g/mol. The van der Waals surface area contributed by atoms with E-state index in [4.69, 9.17) is 25.8 Å². The highest BCUT2D eigenvalue weighted by Gasteiger charge is 2.32. The molecule has 0 radical (unpaired) electrons. The zero-order chi connectivity index (χ0) is 15.4. The molecule has 0 bridgehead atoms. The van der Waals surface area contributed by atoms with Crippen molar-refractivity contribution in [2.24, 2.45) is 5.92 Å². The van der Waals surface area contributed by atoms with E-state index in [-0.39, 0.29) is 11.2 Å². The fourth-order valence-corrected chi connectivity index (χ4v) is 3.19. The van der Waals surface area contributed by atoms with Crippen LogP contribution in [0.25, 0.3) is 0 Å². The van der Waals surface area contributed by atoms with Gasteiger partial charge in [0.1, 0.15) is 5.82 Å². The molecule has 0 amide bonds. The highest BCUT2D eigenvalue weighted by atomic mass is 35.5. The summed E-state index contributed by atoms with van der Waals surface area (Å²) in [5, 5.41) is -0.364. The molecule has 0 aliphatic heterocycles. The third-order valence-electron chi connectivity index (χ3n) is 3.98. The summed E-state index contributed by atoms with van der Waals surface area (Å²) in [5.74, 6) is 1.02. The zero-order valence-corrected chi connectivity index (χ0v) is 13.5. The Bertz CT molecular complexity index is 475. The molecular formula is C16H22ClFO3. The first-order valence-corrected chi connectivity index (χ1v) is 7.69. The molecule has 2 rings (SSSR count). The first-order valence-electron chi connectivity index (χ1n) is 7.26. The van der Waals surface area contributed by atoms with E-state index in [0.717, 1.165) is 25.9 Å². The minimum Gasteiger partial charge on any atom is -0.493 e. The van der Waals surface area contributed by atoms with Crippen LogP contribution in [-0.4, -0.2) is 26.9 Å². The summed E-state index contributed by atoms with van der Waals surface area (Å²) in [7, 11) is 3.01. The van der Waals surface area contributed by atoms with E-state index in [1.807, 2.05) is 6.92 Å². The predicted molar refractivity (Wildman–Crippen MR) is 80.9 cm³/mol. The van der Waals surface area contributed by atoms with Crippen molar-refractivity contribution in [2.45, 2.75) is 37.7 Å². The SMILES string of the molecule is CCOC1CC(CC(Cl)c2cc(OC)c(OC)cc2F)C1. The van der Waals surface area contributed by atoms with Gasteiger partial charge in [0.05, 0.1) is 25.7 Å². The minimum atomic E-state index is -0.364. The lowest BCUT2D eigenvalue weighted by Crippen LogP contribution is -2.32. The van der Waals surface area contributed by atoms with Gasteiger partial charge in [0, 0.05) is 18.2 Å². The van der Waals surface area contributed by atoms with Crippen molar-refractivity contribution in [1.29, 1.82) is 0 Å². The predicted octanol–water partition coefficient (Wildman–Crippen LogP) is 4.33. The fraction of sp³-hybridized carbons (Fsp3) is 0.625. The Labute approximate surface area is 130 Å². The van der Waals surface area contributed by atoms with Crippen LogP contribution in [0.1, 0.15) is 37.1 Å². The molecule has 1 atom stereocenters. The van der Waals surface area contributed by atoms with Crippen molar-refractivity contribution < 1.29 is 18.6 Å². The van der Waals surface area contributed by atoms with Gasteiger partial charge in [0.2, 0.25) is 0 Å². The van der Waals surface area contributed by atoms with Gasteiger partial charge in [-0.15, -0.1) is 11.6 Å². The van der Waals surface area contributed by atoms with Crippen LogP contribution in [0.3, 0.4) is 0 Å². The molecule has 5 heteroatoms. The molecule has 0 heterocycles. The third kappa shape index (κ3) is 3.80. The van der Waals surface area contributed by atoms with E-state index < -0.39 is 0 Å². The highest BCUT2D eigenvalue weighted by Crippen LogP contribution is 2.42. The zero-order valence-electron chi connectivity index (χ0n) is 12.7. The molecule has 1 saturated carbocycles. The lowest BCUT2D eigenvalue weighted by molar-refractivity contribution is -0.0267. The van der Waals surface area contributed by atoms with Gasteiger partial charge in [-0.25, -0.2) is 4.39 Å². The molecule has 1 aromatic rings. The highest BCUT2D eigenvalue weighted by molar-refractivity contribution is 6.20. The van der Waals surface area contributed by atoms with Crippen LogP contribution in [0.2, 0.25) is 0 Å². The number of halogens is 2. The van der Waals surface area contributed by atoms with Crippen molar-refractivity contribution in [3.63, 3.8) is 0 Å². The summed E-state index contributed by atoms with van der Waals surface area (Å²) >= 11 is 6.39. The van der Waals surface area contributed by atoms with Crippen molar-refractivity contribution >= 4 is 11.6 Å². The molecule has 21 heavy (non-hydrogen) atoms. The second-order valence-electron chi connectivity index (χ2n) is 5.35. The first-order chi connectivity index (χ1) is 10.1. The smallest absolute Gasteiger partial charge is 0.163 e. The fourth-order valence-electron chi connectivity index (χ4n) is 2.77. The molecule has 1 aromatic carbocycles. The Hall–Kier alpha value is -1.00. The average Bonchev–Trinajstić information content (AvgIpc) is 2.44. The van der Waals surface area contributed by atoms with Crippen LogP contribution >= 0.6 is 11.6 Å². The third-order valence-corrected chi connectivity index (χ3v) is 4.39. The van der Waals surface area contributed by atoms with E-state index in [1.54, 1.807) is 6.07 Å². The van der Waals surface area contributed by atoms with Gasteiger partial charge < -0.3 is 14.2 Å². The Morgan fingerprint density at radius 1 is 1.24 bits per heavy atom. The summed E-state index contributed by atoms with van der Waals surface area (Å²) in [6.07, 6.45) is 3.11. The van der Waals surface area contributed by atoms with Gasteiger partial charge in [-0.2, -0.15) is 0 Å². The topological polar surface area (TPSA) is 27.7 Å². The standard InChI is InChI=1S/C16H22ClFO3/c1-4-21-11-5-10(6-11)7-13(17)12-8-15(19-2)16(20-3)9-14(12)18/h8-11,13H,4-7H2,1-3H3. The van der Waals surface area contributed by atoms with Crippen LogP contribution in [0.15, 0.2) is 12.1 Å². The van der Waals surface area contributed by atoms with Crippen molar-refractivity contribution in [3.8, 4) is 11.5 Å². The van der Waals surface area contributed by atoms with E-state index in [0.29, 0.717) is 29.1 Å². The molecule has 1 aliphatic rings. The van der Waals surface area contributed by atoms with Crippen molar-refractivity contribution in [2.75, 3.05) is 20.8 Å². The van der Waals surface area contributed by atoms with Crippen LogP contribution in [0.5, 0.6) is 11.5 Å². The molecule has 1 unspecified atom stereocenters. The van der Waals surface area contributed by atoms with Crippen LogP contribution in [0, 0.1) is 11.7 Å². The maximum Gasteiger partial charge on any atom is 0.163 e. The Kier molecular flexibility index (Phi) is 5.71. The average molecular weight is 317 g/mol. The molecule has 1 fully saturated rings. The molecule has 0 aromatic heterocycles. The van der Waals surface area contributed by atoms with E-state index >= 15 is 0 Å². The lowest BCUT2D eigenvalue weighted by atomic mass is 9.78. The van der Waals surface area contributed by atoms with E-state index in [2.05, 4.69) is 0 Å². The van der Waals surface area contributed by atoms with Crippen molar-refractivity contribution in [1.82, 2.24) is 0 Å². The summed E-state index contributed by atoms with van der Waals surface area (Å²) in [5.41, 5.74) is 0.467. The number of hydrogen-bond donors (Lipinski definition) is 0. The van der Waals surface area contributed by atoms with Gasteiger partial charge in [-0.3, -0.25) is 0 Å². The van der Waals surface area contributed by atoms with Crippen LogP contribution in [0.4, 0.5) is 4.39 Å². The number of rotatable bonds is 7. The largest absolute Gasteiger partial charge is 0.493 e. The second kappa shape index (κ2) is 7.32. The lowest BCUT2D eigenvalue weighted by Gasteiger charge is -2.36. The van der Waals surface area contributed by atoms with Crippen LogP contribution < -0.4 is 9.47 Å². The minimum absolute atomic E-state index is 0.346. The molecular weight excluding hydrogens is 295 g/mol. The summed E-state index contributed by atoms with van der Waals surface area (Å²) < 4.78 is 29.9. The molecule has 0 saturated heterocycles. The molecule has 1 aliphatic carbocycles. The molecule has 3 nitrogen and oxygen atoms in total. The van der Waals surface area contributed by atoms with Crippen molar-refractivity contribution in [3.05, 3.63) is 23.5 Å². The molecule has 118 valence electrons. The summed E-state index contributed by atoms with van der Waals surface area (Å²) in [4.78, 5) is 0. The van der Waals surface area contributed by atoms with Gasteiger partial charge in [-0.05, 0) is 38.2 Å². The molecule has 0 spiro atoms. The molecule has 0 N–H and O–H groups in total. The van der Waals surface area contributed by atoms with Crippen LogP contribution in [-0.2, 0) is 4.74 Å². The Balaban J connectivity index is 2.01. The second-order valence-corrected chi connectivity index (χ2v) is 5.87. The summed E-state index contributed by atoms with van der Waals surface area (Å²) in [6.45, 7) is 2.74. The first kappa shape index (κ1) is 16.4. The number of alkyl halides is 1. The number of hydrogen-bond acceptors (Lipinski definition) is 3. The number of benzene rings is 1.